The number of halogens is 1. The van der Waals surface area contributed by atoms with E-state index in [9.17, 15) is 9.59 Å². The van der Waals surface area contributed by atoms with Crippen LogP contribution in [0.1, 0.15) is 19.3 Å². The van der Waals surface area contributed by atoms with Crippen molar-refractivity contribution in [2.75, 3.05) is 19.7 Å². The van der Waals surface area contributed by atoms with Crippen molar-refractivity contribution in [3.8, 4) is 0 Å². The molecule has 1 saturated heterocycles. The standard InChI is InChI=1S/C8H14N2O3.ClH/c9-4-2-1-3-5-10-7(11)6-13-8(10)12;/h1-6,9H2;1H. The Balaban J connectivity index is 0.00000169. The van der Waals surface area contributed by atoms with Gasteiger partial charge in [0.15, 0.2) is 6.61 Å². The Hall–Kier alpha value is -0.810. The van der Waals surface area contributed by atoms with Crippen LogP contribution in [0.5, 0.6) is 0 Å². The number of carbonyl (C=O) groups excluding carboxylic acids is 2. The number of nitrogens with zero attached hydrogens (tertiary/aromatic N) is 1. The van der Waals surface area contributed by atoms with Gasteiger partial charge >= 0.3 is 6.09 Å². The number of amides is 2. The fraction of sp³-hybridized carbons (Fsp3) is 0.750. The smallest absolute Gasteiger partial charge is 0.417 e. The van der Waals surface area contributed by atoms with Crippen LogP contribution in [0, 0.1) is 0 Å². The lowest BCUT2D eigenvalue weighted by Gasteiger charge is -2.09. The number of cyclic esters (lactones) is 1. The Morgan fingerprint density at radius 2 is 2.00 bits per heavy atom. The highest BCUT2D eigenvalue weighted by atomic mass is 35.5. The lowest BCUT2D eigenvalue weighted by atomic mass is 10.2. The second-order valence-corrected chi connectivity index (χ2v) is 2.95. The minimum Gasteiger partial charge on any atom is -0.439 e. The van der Waals surface area contributed by atoms with Gasteiger partial charge in [0.25, 0.3) is 5.91 Å². The molecule has 0 aromatic heterocycles. The van der Waals surface area contributed by atoms with Crippen molar-refractivity contribution < 1.29 is 14.3 Å². The number of carbonyl (C=O) groups is 2. The summed E-state index contributed by atoms with van der Waals surface area (Å²) in [5.41, 5.74) is 5.31. The molecule has 2 N–H and O–H groups in total. The molecule has 0 aromatic rings. The number of hydrogen-bond acceptors (Lipinski definition) is 4. The number of ether oxygens (including phenoxy) is 1. The van der Waals surface area contributed by atoms with Gasteiger partial charge in [-0.1, -0.05) is 6.42 Å². The quantitative estimate of drug-likeness (QED) is 0.689. The van der Waals surface area contributed by atoms with Gasteiger partial charge in [0.1, 0.15) is 0 Å². The topological polar surface area (TPSA) is 72.6 Å². The first-order chi connectivity index (χ1) is 6.25. The number of hydrogen-bond donors (Lipinski definition) is 1. The van der Waals surface area contributed by atoms with Gasteiger partial charge in [0, 0.05) is 6.54 Å². The van der Waals surface area contributed by atoms with Crippen LogP contribution < -0.4 is 5.73 Å². The molecule has 0 bridgehead atoms. The van der Waals surface area contributed by atoms with Crippen LogP contribution in [-0.4, -0.2) is 36.6 Å². The molecule has 1 aliphatic rings. The van der Waals surface area contributed by atoms with Gasteiger partial charge < -0.3 is 10.5 Å². The van der Waals surface area contributed by atoms with E-state index >= 15 is 0 Å². The number of rotatable bonds is 5. The van der Waals surface area contributed by atoms with Crippen LogP contribution in [0.25, 0.3) is 0 Å². The minimum atomic E-state index is -0.516. The molecule has 2 amide bonds. The molecule has 0 unspecified atom stereocenters. The molecule has 0 spiro atoms. The minimum absolute atomic E-state index is 0. The van der Waals surface area contributed by atoms with Crippen molar-refractivity contribution in [1.82, 2.24) is 4.90 Å². The maximum atomic E-state index is 11.0. The zero-order valence-corrected chi connectivity index (χ0v) is 8.72. The zero-order valence-electron chi connectivity index (χ0n) is 7.90. The van der Waals surface area contributed by atoms with Crippen LogP contribution in [0.2, 0.25) is 0 Å². The molecule has 1 aliphatic heterocycles. The Morgan fingerprint density at radius 1 is 1.29 bits per heavy atom. The average molecular weight is 223 g/mol. The monoisotopic (exact) mass is 222 g/mol. The van der Waals surface area contributed by atoms with Gasteiger partial charge in [-0.15, -0.1) is 12.4 Å². The van der Waals surface area contributed by atoms with Crippen LogP contribution in [0.3, 0.4) is 0 Å². The molecular formula is C8H15ClN2O3. The molecule has 0 saturated carbocycles. The van der Waals surface area contributed by atoms with Crippen LogP contribution in [-0.2, 0) is 9.53 Å². The largest absolute Gasteiger partial charge is 0.439 e. The van der Waals surface area contributed by atoms with E-state index in [0.717, 1.165) is 24.2 Å². The van der Waals surface area contributed by atoms with E-state index in [2.05, 4.69) is 4.74 Å². The molecule has 0 radical (unpaired) electrons. The Labute approximate surface area is 89.0 Å². The molecular weight excluding hydrogens is 208 g/mol. The second-order valence-electron chi connectivity index (χ2n) is 2.95. The predicted octanol–water partition coefficient (Wildman–Crippen LogP) is 0.516. The van der Waals surface area contributed by atoms with Gasteiger partial charge in [-0.05, 0) is 19.4 Å². The van der Waals surface area contributed by atoms with Crippen molar-refractivity contribution >= 4 is 24.4 Å². The van der Waals surface area contributed by atoms with Gasteiger partial charge in [0.2, 0.25) is 0 Å². The van der Waals surface area contributed by atoms with Gasteiger partial charge in [-0.2, -0.15) is 0 Å². The average Bonchev–Trinajstić information content (AvgIpc) is 2.42. The summed E-state index contributed by atoms with van der Waals surface area (Å²) in [7, 11) is 0. The maximum Gasteiger partial charge on any atom is 0.417 e. The van der Waals surface area contributed by atoms with E-state index in [4.69, 9.17) is 5.73 Å². The van der Waals surface area contributed by atoms with Crippen molar-refractivity contribution in [2.24, 2.45) is 5.73 Å². The lowest BCUT2D eigenvalue weighted by molar-refractivity contribution is -0.125. The fourth-order valence-electron chi connectivity index (χ4n) is 1.19. The Bertz CT molecular complexity index is 195. The van der Waals surface area contributed by atoms with Crippen molar-refractivity contribution in [3.63, 3.8) is 0 Å². The first-order valence-corrected chi connectivity index (χ1v) is 4.43. The third-order valence-corrected chi connectivity index (χ3v) is 1.93. The third kappa shape index (κ3) is 3.51. The van der Waals surface area contributed by atoms with Gasteiger partial charge in [0.05, 0.1) is 0 Å². The molecule has 0 aromatic carbocycles. The van der Waals surface area contributed by atoms with Crippen LogP contribution >= 0.6 is 12.4 Å². The van der Waals surface area contributed by atoms with E-state index < -0.39 is 6.09 Å². The van der Waals surface area contributed by atoms with E-state index in [-0.39, 0.29) is 24.9 Å². The van der Waals surface area contributed by atoms with E-state index in [1.54, 1.807) is 0 Å². The van der Waals surface area contributed by atoms with Crippen LogP contribution in [0.4, 0.5) is 4.79 Å². The lowest BCUT2D eigenvalue weighted by Crippen LogP contribution is -2.30. The SMILES string of the molecule is Cl.NCCCCCN1C(=O)COC1=O. The second kappa shape index (κ2) is 6.62. The Kier molecular flexibility index (Phi) is 6.23. The molecule has 1 fully saturated rings. The molecule has 1 heterocycles. The first kappa shape index (κ1) is 13.2. The summed E-state index contributed by atoms with van der Waals surface area (Å²) < 4.78 is 4.55. The normalized spacial score (nSPS) is 15.4. The number of unbranched alkanes of at least 4 members (excludes halogenated alkanes) is 2. The first-order valence-electron chi connectivity index (χ1n) is 4.43. The summed E-state index contributed by atoms with van der Waals surface area (Å²) in [6.07, 6.45) is 2.15. The van der Waals surface area contributed by atoms with Crippen LogP contribution in [0.15, 0.2) is 0 Å². The predicted molar refractivity (Wildman–Crippen MR) is 53.2 cm³/mol. The molecule has 1 rings (SSSR count). The molecule has 0 atom stereocenters. The highest BCUT2D eigenvalue weighted by Gasteiger charge is 2.29. The summed E-state index contributed by atoms with van der Waals surface area (Å²) in [5, 5.41) is 0. The molecule has 82 valence electrons. The fourth-order valence-corrected chi connectivity index (χ4v) is 1.19. The summed E-state index contributed by atoms with van der Waals surface area (Å²) in [5.74, 6) is -0.238. The summed E-state index contributed by atoms with van der Waals surface area (Å²) in [4.78, 5) is 23.1. The van der Waals surface area contributed by atoms with Gasteiger partial charge in [-0.3, -0.25) is 4.79 Å². The van der Waals surface area contributed by atoms with E-state index in [1.165, 1.54) is 0 Å². The molecule has 5 nitrogen and oxygen atoms in total. The summed E-state index contributed by atoms with van der Waals surface area (Å²) >= 11 is 0. The molecule has 0 aliphatic carbocycles. The highest BCUT2D eigenvalue weighted by Crippen LogP contribution is 2.07. The molecule has 6 heteroatoms. The summed E-state index contributed by atoms with van der Waals surface area (Å²) in [6.45, 7) is 1.01. The zero-order chi connectivity index (χ0) is 9.68. The number of imide groups is 1. The van der Waals surface area contributed by atoms with E-state index in [0.29, 0.717) is 13.1 Å². The maximum absolute atomic E-state index is 11.0. The number of nitrogens with two attached hydrogens (primary N) is 1. The van der Waals surface area contributed by atoms with E-state index in [1.807, 2.05) is 0 Å². The van der Waals surface area contributed by atoms with Gasteiger partial charge in [-0.25, -0.2) is 9.69 Å². The Morgan fingerprint density at radius 3 is 2.50 bits per heavy atom. The summed E-state index contributed by atoms with van der Waals surface area (Å²) in [6, 6.07) is 0. The third-order valence-electron chi connectivity index (χ3n) is 1.93. The van der Waals surface area contributed by atoms with Crippen molar-refractivity contribution in [3.05, 3.63) is 0 Å². The highest BCUT2D eigenvalue weighted by molar-refractivity contribution is 5.97. The van der Waals surface area contributed by atoms with Crippen molar-refractivity contribution in [1.29, 1.82) is 0 Å². The molecule has 14 heavy (non-hydrogen) atoms. The van der Waals surface area contributed by atoms with Crippen molar-refractivity contribution in [2.45, 2.75) is 19.3 Å².